The maximum Gasteiger partial charge on any atom is 0.272 e. The van der Waals surface area contributed by atoms with Crippen molar-refractivity contribution in [2.45, 2.75) is 17.9 Å². The minimum Gasteiger partial charge on any atom is -0.316 e. The lowest BCUT2D eigenvalue weighted by molar-refractivity contribution is 0.0891. The van der Waals surface area contributed by atoms with Gasteiger partial charge in [-0.3, -0.25) is 0 Å². The fraction of sp³-hybridized carbons (Fsp3) is 0.273. The van der Waals surface area contributed by atoms with Crippen LogP contribution in [0.1, 0.15) is 17.5 Å². The summed E-state index contributed by atoms with van der Waals surface area (Å²) >= 11 is 0. The molecule has 0 saturated heterocycles. The van der Waals surface area contributed by atoms with Crippen molar-refractivity contribution in [2.24, 2.45) is 5.73 Å². The molecular formula is C11H9F2N. The van der Waals surface area contributed by atoms with Crippen LogP contribution in [0.2, 0.25) is 0 Å². The summed E-state index contributed by atoms with van der Waals surface area (Å²) in [6.07, 6.45) is 4.87. The first-order chi connectivity index (χ1) is 6.49. The molecule has 1 fully saturated rings. The lowest BCUT2D eigenvalue weighted by Gasteiger charge is -2.10. The zero-order chi connectivity index (χ0) is 10.4. The van der Waals surface area contributed by atoms with Crippen LogP contribution < -0.4 is 5.73 Å². The summed E-state index contributed by atoms with van der Waals surface area (Å²) in [5.74, 6) is -0.355. The molecule has 0 spiro atoms. The third-order valence-electron chi connectivity index (χ3n) is 2.60. The summed E-state index contributed by atoms with van der Waals surface area (Å²) in [6, 6.07) is 6.38. The average Bonchev–Trinajstić information content (AvgIpc) is 2.68. The van der Waals surface area contributed by atoms with Crippen molar-refractivity contribution in [2.75, 3.05) is 0 Å². The van der Waals surface area contributed by atoms with Gasteiger partial charge in [-0.15, -0.1) is 6.42 Å². The fourth-order valence-corrected chi connectivity index (χ4v) is 1.48. The summed E-state index contributed by atoms with van der Waals surface area (Å²) in [4.78, 5) is 0. The Kier molecular flexibility index (Phi) is 1.67. The van der Waals surface area contributed by atoms with Gasteiger partial charge in [0.1, 0.15) is 5.54 Å². The van der Waals surface area contributed by atoms with E-state index in [2.05, 4.69) is 5.92 Å². The van der Waals surface area contributed by atoms with Gasteiger partial charge in [0.05, 0.1) is 0 Å². The first-order valence-corrected chi connectivity index (χ1v) is 4.23. The van der Waals surface area contributed by atoms with Gasteiger partial charge in [0.2, 0.25) is 0 Å². The smallest absolute Gasteiger partial charge is 0.272 e. The van der Waals surface area contributed by atoms with E-state index in [9.17, 15) is 8.78 Å². The highest BCUT2D eigenvalue weighted by Crippen LogP contribution is 2.57. The van der Waals surface area contributed by atoms with Gasteiger partial charge in [0.25, 0.3) is 5.92 Å². The molecule has 14 heavy (non-hydrogen) atoms. The van der Waals surface area contributed by atoms with Gasteiger partial charge in [-0.2, -0.15) is 0 Å². The van der Waals surface area contributed by atoms with Crippen LogP contribution in [0.5, 0.6) is 0 Å². The molecule has 1 unspecified atom stereocenters. The second kappa shape index (κ2) is 2.55. The summed E-state index contributed by atoms with van der Waals surface area (Å²) in [5, 5.41) is 0. The van der Waals surface area contributed by atoms with Crippen LogP contribution in [0, 0.1) is 12.3 Å². The summed E-state index contributed by atoms with van der Waals surface area (Å²) in [7, 11) is 0. The van der Waals surface area contributed by atoms with E-state index in [1.54, 1.807) is 24.3 Å². The maximum atomic E-state index is 12.9. The van der Waals surface area contributed by atoms with Gasteiger partial charge < -0.3 is 5.73 Å². The molecule has 0 bridgehead atoms. The van der Waals surface area contributed by atoms with E-state index in [4.69, 9.17) is 12.2 Å². The molecular weight excluding hydrogens is 184 g/mol. The molecule has 2 rings (SSSR count). The number of rotatable bonds is 1. The topological polar surface area (TPSA) is 26.0 Å². The second-order valence-electron chi connectivity index (χ2n) is 3.57. The fourth-order valence-electron chi connectivity index (χ4n) is 1.48. The van der Waals surface area contributed by atoms with Gasteiger partial charge >= 0.3 is 0 Å². The number of benzene rings is 1. The van der Waals surface area contributed by atoms with Crippen LogP contribution in [0.4, 0.5) is 8.78 Å². The van der Waals surface area contributed by atoms with Gasteiger partial charge in [-0.25, -0.2) is 8.78 Å². The standard InChI is InChI=1S/C11H9F2N/c1-2-8-3-5-9(6-4-8)10(14)7-11(10,12)13/h1,3-6H,7,14H2. The minimum absolute atomic E-state index is 0.282. The molecule has 3 heteroatoms. The van der Waals surface area contributed by atoms with Crippen LogP contribution in [-0.4, -0.2) is 5.92 Å². The SMILES string of the molecule is C#Cc1ccc(C2(N)CC2(F)F)cc1. The second-order valence-corrected chi connectivity index (χ2v) is 3.57. The predicted octanol–water partition coefficient (Wildman–Crippen LogP) is 1.86. The van der Waals surface area contributed by atoms with Crippen molar-refractivity contribution in [1.29, 1.82) is 0 Å². The predicted molar refractivity (Wildman–Crippen MR) is 49.8 cm³/mol. The molecule has 1 aliphatic rings. The highest BCUT2D eigenvalue weighted by molar-refractivity contribution is 5.41. The van der Waals surface area contributed by atoms with E-state index in [1.165, 1.54) is 0 Å². The average molecular weight is 193 g/mol. The largest absolute Gasteiger partial charge is 0.316 e. The van der Waals surface area contributed by atoms with Crippen molar-refractivity contribution >= 4 is 0 Å². The van der Waals surface area contributed by atoms with E-state index in [-0.39, 0.29) is 6.42 Å². The van der Waals surface area contributed by atoms with E-state index in [0.717, 1.165) is 0 Å². The van der Waals surface area contributed by atoms with Crippen molar-refractivity contribution < 1.29 is 8.78 Å². The van der Waals surface area contributed by atoms with Gasteiger partial charge in [-0.1, -0.05) is 18.1 Å². The van der Waals surface area contributed by atoms with Crippen LogP contribution in [0.15, 0.2) is 24.3 Å². The third kappa shape index (κ3) is 1.11. The van der Waals surface area contributed by atoms with Crippen LogP contribution >= 0.6 is 0 Å². The van der Waals surface area contributed by atoms with E-state index in [1.807, 2.05) is 0 Å². The van der Waals surface area contributed by atoms with Crippen molar-refractivity contribution in [3.63, 3.8) is 0 Å². The van der Waals surface area contributed by atoms with Crippen molar-refractivity contribution in [1.82, 2.24) is 0 Å². The molecule has 0 heterocycles. The molecule has 1 saturated carbocycles. The minimum atomic E-state index is -2.77. The number of hydrogen-bond acceptors (Lipinski definition) is 1. The molecule has 0 radical (unpaired) electrons. The van der Waals surface area contributed by atoms with Crippen LogP contribution in [0.3, 0.4) is 0 Å². The summed E-state index contributed by atoms with van der Waals surface area (Å²) in [6.45, 7) is 0. The summed E-state index contributed by atoms with van der Waals surface area (Å²) in [5.41, 5.74) is 5.18. The number of nitrogens with two attached hydrogens (primary N) is 1. The Morgan fingerprint density at radius 2 is 1.79 bits per heavy atom. The molecule has 1 atom stereocenters. The van der Waals surface area contributed by atoms with Gasteiger partial charge in [-0.05, 0) is 17.7 Å². The Morgan fingerprint density at radius 1 is 1.29 bits per heavy atom. The zero-order valence-corrected chi connectivity index (χ0v) is 7.43. The monoisotopic (exact) mass is 193 g/mol. The zero-order valence-electron chi connectivity index (χ0n) is 7.43. The normalized spacial score (nSPS) is 28.1. The highest BCUT2D eigenvalue weighted by atomic mass is 19.3. The molecule has 1 aromatic carbocycles. The Morgan fingerprint density at radius 3 is 2.14 bits per heavy atom. The number of terminal acetylenes is 1. The van der Waals surface area contributed by atoms with E-state index in [0.29, 0.717) is 11.1 Å². The maximum absolute atomic E-state index is 12.9. The lowest BCUT2D eigenvalue weighted by Crippen LogP contribution is -2.26. The highest BCUT2D eigenvalue weighted by Gasteiger charge is 2.69. The first kappa shape index (κ1) is 9.17. The molecule has 0 aromatic heterocycles. The molecule has 1 aromatic rings. The van der Waals surface area contributed by atoms with Gasteiger partial charge in [0.15, 0.2) is 0 Å². The molecule has 72 valence electrons. The number of alkyl halides is 2. The molecule has 0 aliphatic heterocycles. The Hall–Kier alpha value is -1.40. The Balaban J connectivity index is 2.33. The third-order valence-corrected chi connectivity index (χ3v) is 2.60. The molecule has 1 nitrogen and oxygen atoms in total. The lowest BCUT2D eigenvalue weighted by atomic mass is 10.0. The molecule has 2 N–H and O–H groups in total. The Bertz CT molecular complexity index is 402. The van der Waals surface area contributed by atoms with Crippen LogP contribution in [0.25, 0.3) is 0 Å². The first-order valence-electron chi connectivity index (χ1n) is 4.23. The number of hydrogen-bond donors (Lipinski definition) is 1. The Labute approximate surface area is 80.9 Å². The summed E-state index contributed by atoms with van der Waals surface area (Å²) < 4.78 is 25.8. The van der Waals surface area contributed by atoms with Gasteiger partial charge in [0, 0.05) is 12.0 Å². The van der Waals surface area contributed by atoms with Crippen LogP contribution in [-0.2, 0) is 5.54 Å². The quantitative estimate of drug-likeness (QED) is 0.677. The molecule has 0 amide bonds. The van der Waals surface area contributed by atoms with E-state index >= 15 is 0 Å². The van der Waals surface area contributed by atoms with Crippen molar-refractivity contribution in [3.05, 3.63) is 35.4 Å². The number of halogens is 2. The van der Waals surface area contributed by atoms with E-state index < -0.39 is 11.5 Å². The van der Waals surface area contributed by atoms with Crippen molar-refractivity contribution in [3.8, 4) is 12.3 Å². The molecule has 1 aliphatic carbocycles.